The number of phenolic OH excluding ortho intramolecular Hbond substituents is 2. The van der Waals surface area contributed by atoms with Crippen molar-refractivity contribution in [2.24, 2.45) is 5.10 Å². The summed E-state index contributed by atoms with van der Waals surface area (Å²) in [5.41, 5.74) is 0.982. The lowest BCUT2D eigenvalue weighted by atomic mass is 10.2. The fraction of sp³-hybridized carbons (Fsp3) is 0.167. The van der Waals surface area contributed by atoms with Crippen molar-refractivity contribution in [1.29, 1.82) is 0 Å². The number of hydrogen-bond donors (Lipinski definition) is 2. The largest absolute Gasteiger partial charge is 0.504 e. The van der Waals surface area contributed by atoms with Crippen molar-refractivity contribution >= 4 is 17.1 Å². The van der Waals surface area contributed by atoms with E-state index < -0.39 is 0 Å². The van der Waals surface area contributed by atoms with E-state index >= 15 is 0 Å². The van der Waals surface area contributed by atoms with E-state index in [4.69, 9.17) is 0 Å². The highest BCUT2D eigenvalue weighted by Gasteiger charge is 2.09. The van der Waals surface area contributed by atoms with Gasteiger partial charge in [-0.3, -0.25) is 4.79 Å². The second-order valence-corrected chi connectivity index (χ2v) is 5.40. The Bertz CT molecular complexity index is 977. The average Bonchev–Trinajstić information content (AvgIpc) is 2.58. The number of para-hydroxylation sites is 1. The molecule has 0 aliphatic heterocycles. The summed E-state index contributed by atoms with van der Waals surface area (Å²) < 4.78 is 1.29. The number of rotatable bonds is 4. The molecule has 1 heterocycles. The summed E-state index contributed by atoms with van der Waals surface area (Å²) in [5, 5.41) is 23.6. The first-order chi connectivity index (χ1) is 11.6. The highest BCUT2D eigenvalue weighted by Crippen LogP contribution is 2.24. The highest BCUT2D eigenvalue weighted by molar-refractivity contribution is 5.81. The Balaban J connectivity index is 2.11. The van der Waals surface area contributed by atoms with Gasteiger partial charge in [0.25, 0.3) is 5.56 Å². The molecule has 3 aromatic rings. The molecule has 122 valence electrons. The Labute approximate surface area is 138 Å². The van der Waals surface area contributed by atoms with Crippen LogP contribution in [0.1, 0.15) is 24.7 Å². The van der Waals surface area contributed by atoms with Gasteiger partial charge in [-0.05, 0) is 42.3 Å². The summed E-state index contributed by atoms with van der Waals surface area (Å²) in [6.07, 6.45) is 2.91. The van der Waals surface area contributed by atoms with Crippen molar-refractivity contribution in [1.82, 2.24) is 9.66 Å². The van der Waals surface area contributed by atoms with Gasteiger partial charge in [-0.1, -0.05) is 19.1 Å². The van der Waals surface area contributed by atoms with Crippen LogP contribution in [0.15, 0.2) is 52.4 Å². The summed E-state index contributed by atoms with van der Waals surface area (Å²) >= 11 is 0. The standard InChI is InChI=1S/C18H17N3O3/c1-2-5-17-20-14-7-4-3-6-13(14)18(24)21(17)19-11-12-8-9-15(22)16(23)10-12/h3-4,6-11,22-23H,2,5H2,1H3. The molecule has 0 radical (unpaired) electrons. The molecule has 0 saturated carbocycles. The minimum atomic E-state index is -0.239. The molecule has 2 aromatic carbocycles. The smallest absolute Gasteiger partial charge is 0.282 e. The van der Waals surface area contributed by atoms with E-state index in [0.717, 1.165) is 6.42 Å². The maximum atomic E-state index is 12.7. The zero-order valence-corrected chi connectivity index (χ0v) is 13.2. The van der Waals surface area contributed by atoms with Crippen molar-refractivity contribution in [3.05, 3.63) is 64.2 Å². The van der Waals surface area contributed by atoms with Crippen LogP contribution in [0.4, 0.5) is 0 Å². The molecule has 0 atom stereocenters. The predicted octanol–water partition coefficient (Wildman–Crippen LogP) is 2.64. The van der Waals surface area contributed by atoms with Crippen LogP contribution in [0.25, 0.3) is 10.9 Å². The van der Waals surface area contributed by atoms with Crippen LogP contribution in [0.3, 0.4) is 0 Å². The van der Waals surface area contributed by atoms with Gasteiger partial charge in [-0.25, -0.2) is 4.98 Å². The second-order valence-electron chi connectivity index (χ2n) is 5.40. The number of fused-ring (bicyclic) bond motifs is 1. The molecule has 3 rings (SSSR count). The molecule has 0 fully saturated rings. The minimum Gasteiger partial charge on any atom is -0.504 e. The first kappa shape index (κ1) is 15.7. The summed E-state index contributed by atoms with van der Waals surface area (Å²) in [6.45, 7) is 2.01. The van der Waals surface area contributed by atoms with Crippen molar-refractivity contribution in [3.63, 3.8) is 0 Å². The highest BCUT2D eigenvalue weighted by atomic mass is 16.3. The van der Waals surface area contributed by atoms with Crippen LogP contribution in [-0.2, 0) is 6.42 Å². The Morgan fingerprint density at radius 2 is 1.96 bits per heavy atom. The van der Waals surface area contributed by atoms with Gasteiger partial charge in [-0.2, -0.15) is 9.78 Å². The Morgan fingerprint density at radius 3 is 2.71 bits per heavy atom. The van der Waals surface area contributed by atoms with Gasteiger partial charge in [0.15, 0.2) is 11.5 Å². The number of aromatic hydroxyl groups is 2. The molecule has 2 N–H and O–H groups in total. The van der Waals surface area contributed by atoms with Gasteiger partial charge in [0.05, 0.1) is 17.1 Å². The fourth-order valence-corrected chi connectivity index (χ4v) is 2.42. The van der Waals surface area contributed by atoms with Crippen molar-refractivity contribution in [2.45, 2.75) is 19.8 Å². The number of aromatic nitrogens is 2. The van der Waals surface area contributed by atoms with E-state index in [0.29, 0.717) is 28.7 Å². The topological polar surface area (TPSA) is 87.7 Å². The lowest BCUT2D eigenvalue weighted by Crippen LogP contribution is -2.22. The molecule has 0 spiro atoms. The number of hydrogen-bond acceptors (Lipinski definition) is 5. The molecule has 24 heavy (non-hydrogen) atoms. The molecule has 6 nitrogen and oxygen atoms in total. The third-order valence-electron chi connectivity index (χ3n) is 3.62. The summed E-state index contributed by atoms with van der Waals surface area (Å²) in [4.78, 5) is 17.2. The Hall–Kier alpha value is -3.15. The third kappa shape index (κ3) is 2.99. The maximum Gasteiger partial charge on any atom is 0.282 e. The van der Waals surface area contributed by atoms with E-state index in [1.807, 2.05) is 19.1 Å². The maximum absolute atomic E-state index is 12.7. The Kier molecular flexibility index (Phi) is 4.29. The van der Waals surface area contributed by atoms with E-state index in [1.165, 1.54) is 23.0 Å². The van der Waals surface area contributed by atoms with Crippen LogP contribution < -0.4 is 5.56 Å². The number of nitrogens with zero attached hydrogens (tertiary/aromatic N) is 3. The van der Waals surface area contributed by atoms with Crippen LogP contribution in [0, 0.1) is 0 Å². The zero-order valence-electron chi connectivity index (χ0n) is 13.2. The molecular weight excluding hydrogens is 306 g/mol. The van der Waals surface area contributed by atoms with Crippen LogP contribution in [0.2, 0.25) is 0 Å². The zero-order chi connectivity index (χ0) is 17.1. The molecule has 0 aliphatic carbocycles. The van der Waals surface area contributed by atoms with Crippen molar-refractivity contribution in [2.75, 3.05) is 0 Å². The lowest BCUT2D eigenvalue weighted by molar-refractivity contribution is 0.403. The van der Waals surface area contributed by atoms with Crippen molar-refractivity contribution < 1.29 is 10.2 Å². The van der Waals surface area contributed by atoms with Gasteiger partial charge in [-0.15, -0.1) is 0 Å². The average molecular weight is 323 g/mol. The SMILES string of the molecule is CCCc1nc2ccccc2c(=O)n1N=Cc1ccc(O)c(O)c1. The number of aryl methyl sites for hydroxylation is 1. The fourth-order valence-electron chi connectivity index (χ4n) is 2.42. The van der Waals surface area contributed by atoms with Gasteiger partial charge >= 0.3 is 0 Å². The normalized spacial score (nSPS) is 11.4. The second kappa shape index (κ2) is 6.54. The first-order valence-corrected chi connectivity index (χ1v) is 7.67. The minimum absolute atomic E-state index is 0.205. The molecule has 1 aromatic heterocycles. The van der Waals surface area contributed by atoms with Gasteiger partial charge in [0, 0.05) is 6.42 Å². The summed E-state index contributed by atoms with van der Waals surface area (Å²) in [7, 11) is 0. The molecule has 0 amide bonds. The van der Waals surface area contributed by atoms with Crippen LogP contribution in [-0.4, -0.2) is 26.1 Å². The quantitative estimate of drug-likeness (QED) is 0.571. The molecule has 6 heteroatoms. The molecule has 0 saturated heterocycles. The lowest BCUT2D eigenvalue weighted by Gasteiger charge is -2.08. The molecule has 0 bridgehead atoms. The van der Waals surface area contributed by atoms with Crippen molar-refractivity contribution in [3.8, 4) is 11.5 Å². The first-order valence-electron chi connectivity index (χ1n) is 7.67. The van der Waals surface area contributed by atoms with Gasteiger partial charge < -0.3 is 10.2 Å². The van der Waals surface area contributed by atoms with Gasteiger partial charge in [0.2, 0.25) is 0 Å². The molecular formula is C18H17N3O3. The van der Waals surface area contributed by atoms with Crippen LogP contribution >= 0.6 is 0 Å². The van der Waals surface area contributed by atoms with E-state index in [2.05, 4.69) is 10.1 Å². The summed E-state index contributed by atoms with van der Waals surface area (Å²) in [6, 6.07) is 11.5. The van der Waals surface area contributed by atoms with Gasteiger partial charge in [0.1, 0.15) is 5.82 Å². The van der Waals surface area contributed by atoms with E-state index in [9.17, 15) is 15.0 Å². The summed E-state index contributed by atoms with van der Waals surface area (Å²) in [5.74, 6) is 0.139. The predicted molar refractivity (Wildman–Crippen MR) is 92.8 cm³/mol. The number of phenols is 2. The third-order valence-corrected chi connectivity index (χ3v) is 3.62. The van der Waals surface area contributed by atoms with Crippen LogP contribution in [0.5, 0.6) is 11.5 Å². The monoisotopic (exact) mass is 323 g/mol. The Morgan fingerprint density at radius 1 is 1.17 bits per heavy atom. The molecule has 0 unspecified atom stereocenters. The van der Waals surface area contributed by atoms with E-state index in [-0.39, 0.29) is 17.1 Å². The molecule has 0 aliphatic rings. The number of benzene rings is 2. The van der Waals surface area contributed by atoms with E-state index in [1.54, 1.807) is 18.2 Å².